The molecule has 66 valence electrons. The van der Waals surface area contributed by atoms with Gasteiger partial charge < -0.3 is 5.11 Å². The third kappa shape index (κ3) is 2.08. The third-order valence-electron chi connectivity index (χ3n) is 2.11. The van der Waals surface area contributed by atoms with E-state index in [-0.39, 0.29) is 6.61 Å². The van der Waals surface area contributed by atoms with E-state index in [9.17, 15) is 0 Å². The van der Waals surface area contributed by atoms with Crippen molar-refractivity contribution in [2.45, 2.75) is 33.3 Å². The minimum absolute atomic E-state index is 0.154. The van der Waals surface area contributed by atoms with Crippen LogP contribution in [-0.2, 0) is 19.4 Å². The highest BCUT2D eigenvalue weighted by atomic mass is 16.3. The number of aliphatic hydroxyl groups is 1. The maximum atomic E-state index is 8.98. The van der Waals surface area contributed by atoms with E-state index in [1.54, 1.807) is 0 Å². The van der Waals surface area contributed by atoms with Crippen LogP contribution in [0, 0.1) is 0 Å². The average Bonchev–Trinajstić information content (AvgIpc) is 2.16. The molecule has 1 aromatic rings. The van der Waals surface area contributed by atoms with E-state index in [2.05, 4.69) is 32.0 Å². The Morgan fingerprint density at radius 2 is 1.33 bits per heavy atom. The molecular formula is C11H16O. The van der Waals surface area contributed by atoms with Gasteiger partial charge in [-0.25, -0.2) is 0 Å². The summed E-state index contributed by atoms with van der Waals surface area (Å²) in [6, 6.07) is 6.34. The Bertz CT molecular complexity index is 198. The smallest absolute Gasteiger partial charge is 0.0682 e. The van der Waals surface area contributed by atoms with E-state index < -0.39 is 0 Å². The molecule has 12 heavy (non-hydrogen) atoms. The minimum Gasteiger partial charge on any atom is -0.392 e. The van der Waals surface area contributed by atoms with Gasteiger partial charge in [0.2, 0.25) is 0 Å². The summed E-state index contributed by atoms with van der Waals surface area (Å²) in [5.74, 6) is 0. The van der Waals surface area contributed by atoms with Gasteiger partial charge in [0.1, 0.15) is 0 Å². The number of aryl methyl sites for hydroxylation is 2. The summed E-state index contributed by atoms with van der Waals surface area (Å²) in [4.78, 5) is 0. The van der Waals surface area contributed by atoms with Gasteiger partial charge in [0, 0.05) is 0 Å². The molecule has 0 fully saturated rings. The summed E-state index contributed by atoms with van der Waals surface area (Å²) in [5.41, 5.74) is 3.67. The van der Waals surface area contributed by atoms with Crippen molar-refractivity contribution in [3.8, 4) is 0 Å². The van der Waals surface area contributed by atoms with Crippen LogP contribution in [0.15, 0.2) is 18.2 Å². The maximum absolute atomic E-state index is 8.98. The van der Waals surface area contributed by atoms with Crippen LogP contribution >= 0.6 is 0 Å². The molecule has 0 aromatic heterocycles. The van der Waals surface area contributed by atoms with Crippen LogP contribution in [0.3, 0.4) is 0 Å². The van der Waals surface area contributed by atoms with E-state index in [1.807, 2.05) is 0 Å². The van der Waals surface area contributed by atoms with E-state index in [4.69, 9.17) is 5.11 Å². The van der Waals surface area contributed by atoms with Crippen molar-refractivity contribution in [3.63, 3.8) is 0 Å². The monoisotopic (exact) mass is 164 g/mol. The van der Waals surface area contributed by atoms with Gasteiger partial charge in [0.05, 0.1) is 6.61 Å². The zero-order valence-corrected chi connectivity index (χ0v) is 7.80. The second-order valence-electron chi connectivity index (χ2n) is 3.02. The van der Waals surface area contributed by atoms with Crippen molar-refractivity contribution in [2.24, 2.45) is 0 Å². The standard InChI is InChI=1S/C11H16O/c1-3-9-5-10(4-2)7-11(6-9)8-12/h5-7,12H,3-4,8H2,1-2H3. The van der Waals surface area contributed by atoms with Crippen molar-refractivity contribution in [1.29, 1.82) is 0 Å². The lowest BCUT2D eigenvalue weighted by molar-refractivity contribution is 0.281. The van der Waals surface area contributed by atoms with Gasteiger partial charge in [-0.1, -0.05) is 32.0 Å². The highest BCUT2D eigenvalue weighted by Gasteiger charge is 1.97. The fraction of sp³-hybridized carbons (Fsp3) is 0.455. The molecule has 0 aliphatic heterocycles. The van der Waals surface area contributed by atoms with Crippen LogP contribution in [0.4, 0.5) is 0 Å². The Morgan fingerprint density at radius 1 is 0.917 bits per heavy atom. The predicted octanol–water partition coefficient (Wildman–Crippen LogP) is 2.30. The Morgan fingerprint density at radius 3 is 1.67 bits per heavy atom. The number of aliphatic hydroxyl groups excluding tert-OH is 1. The third-order valence-corrected chi connectivity index (χ3v) is 2.11. The zero-order valence-electron chi connectivity index (χ0n) is 7.80. The molecule has 0 spiro atoms. The first-order valence-corrected chi connectivity index (χ1v) is 4.52. The summed E-state index contributed by atoms with van der Waals surface area (Å²) in [6.45, 7) is 4.42. The molecule has 1 N–H and O–H groups in total. The largest absolute Gasteiger partial charge is 0.392 e. The molecule has 0 amide bonds. The molecular weight excluding hydrogens is 148 g/mol. The second kappa shape index (κ2) is 4.27. The summed E-state index contributed by atoms with van der Waals surface area (Å²) in [5, 5.41) is 8.98. The normalized spacial score (nSPS) is 10.2. The van der Waals surface area contributed by atoms with Crippen LogP contribution in [0.2, 0.25) is 0 Å². The molecule has 0 saturated heterocycles. The first kappa shape index (κ1) is 9.27. The van der Waals surface area contributed by atoms with Crippen molar-refractivity contribution in [2.75, 3.05) is 0 Å². The van der Waals surface area contributed by atoms with Crippen LogP contribution in [0.5, 0.6) is 0 Å². The highest BCUT2D eigenvalue weighted by Crippen LogP contribution is 2.11. The molecule has 0 aliphatic carbocycles. The molecule has 0 heterocycles. The molecule has 0 atom stereocenters. The van der Waals surface area contributed by atoms with E-state index in [1.165, 1.54) is 11.1 Å². The Balaban J connectivity index is 3.01. The number of hydrogen-bond acceptors (Lipinski definition) is 1. The molecule has 0 saturated carbocycles. The summed E-state index contributed by atoms with van der Waals surface area (Å²) in [6.07, 6.45) is 2.08. The van der Waals surface area contributed by atoms with Gasteiger partial charge >= 0.3 is 0 Å². The van der Waals surface area contributed by atoms with Gasteiger partial charge in [-0.05, 0) is 29.5 Å². The lowest BCUT2D eigenvalue weighted by atomic mass is 10.0. The summed E-state index contributed by atoms with van der Waals surface area (Å²) in [7, 11) is 0. The Labute approximate surface area is 74.1 Å². The Hall–Kier alpha value is -0.820. The predicted molar refractivity (Wildman–Crippen MR) is 51.1 cm³/mol. The Kier molecular flexibility index (Phi) is 3.30. The molecule has 0 radical (unpaired) electrons. The quantitative estimate of drug-likeness (QED) is 0.726. The fourth-order valence-corrected chi connectivity index (χ4v) is 1.34. The summed E-state index contributed by atoms with van der Waals surface area (Å²) < 4.78 is 0. The number of hydrogen-bond donors (Lipinski definition) is 1. The maximum Gasteiger partial charge on any atom is 0.0682 e. The van der Waals surface area contributed by atoms with Crippen LogP contribution in [-0.4, -0.2) is 5.11 Å². The SMILES string of the molecule is CCc1cc(CC)cc(CO)c1. The molecule has 1 heteroatoms. The number of benzene rings is 1. The molecule has 1 nitrogen and oxygen atoms in total. The van der Waals surface area contributed by atoms with Gasteiger partial charge in [0.15, 0.2) is 0 Å². The lowest BCUT2D eigenvalue weighted by Crippen LogP contribution is -1.91. The van der Waals surface area contributed by atoms with Gasteiger partial charge in [0.25, 0.3) is 0 Å². The number of rotatable bonds is 3. The van der Waals surface area contributed by atoms with Gasteiger partial charge in [-0.3, -0.25) is 0 Å². The van der Waals surface area contributed by atoms with Crippen molar-refractivity contribution in [1.82, 2.24) is 0 Å². The fourth-order valence-electron chi connectivity index (χ4n) is 1.34. The minimum atomic E-state index is 0.154. The van der Waals surface area contributed by atoms with Crippen LogP contribution < -0.4 is 0 Å². The zero-order chi connectivity index (χ0) is 8.97. The van der Waals surface area contributed by atoms with Crippen molar-refractivity contribution < 1.29 is 5.11 Å². The van der Waals surface area contributed by atoms with E-state index >= 15 is 0 Å². The van der Waals surface area contributed by atoms with E-state index in [0.29, 0.717) is 0 Å². The average molecular weight is 164 g/mol. The molecule has 1 rings (SSSR count). The molecule has 0 aliphatic rings. The first-order chi connectivity index (χ1) is 5.80. The highest BCUT2D eigenvalue weighted by molar-refractivity contribution is 5.29. The van der Waals surface area contributed by atoms with E-state index in [0.717, 1.165) is 18.4 Å². The second-order valence-corrected chi connectivity index (χ2v) is 3.02. The van der Waals surface area contributed by atoms with Gasteiger partial charge in [-0.15, -0.1) is 0 Å². The molecule has 1 aromatic carbocycles. The summed E-state index contributed by atoms with van der Waals surface area (Å²) >= 11 is 0. The topological polar surface area (TPSA) is 20.2 Å². The van der Waals surface area contributed by atoms with Crippen molar-refractivity contribution in [3.05, 3.63) is 34.9 Å². The van der Waals surface area contributed by atoms with Crippen LogP contribution in [0.25, 0.3) is 0 Å². The van der Waals surface area contributed by atoms with Crippen molar-refractivity contribution >= 4 is 0 Å². The lowest BCUT2D eigenvalue weighted by Gasteiger charge is -2.04. The molecule has 0 unspecified atom stereocenters. The van der Waals surface area contributed by atoms with Crippen LogP contribution in [0.1, 0.15) is 30.5 Å². The molecule has 0 bridgehead atoms. The van der Waals surface area contributed by atoms with Gasteiger partial charge in [-0.2, -0.15) is 0 Å². The first-order valence-electron chi connectivity index (χ1n) is 4.52.